The fourth-order valence-corrected chi connectivity index (χ4v) is 33.1. The number of hydrogen-bond acceptors (Lipinski definition) is 0. The molecule has 0 nitrogen and oxygen atoms in total. The van der Waals surface area contributed by atoms with E-state index in [1.54, 1.807) is 0 Å². The molecule has 0 aliphatic carbocycles. The molecule has 0 fully saturated rings. The molecular formula is C87H74Au4P4Si2+4. The Morgan fingerprint density at radius 3 is 0.567 bits per heavy atom. The first kappa shape index (κ1) is 78.3. The van der Waals surface area contributed by atoms with E-state index in [-0.39, 0.29) is 89.5 Å². The number of fused-ring (bicyclic) bond motifs is 6. The molecular weight excluding hydrogens is 2010 g/mol. The summed E-state index contributed by atoms with van der Waals surface area (Å²) in [5.74, 6) is 11.1. The Bertz CT molecular complexity index is 4060. The SMILES string of the molecule is [Au+].[Au+].[Au+].[Au+].[C-]#Cc1ccc2c(c1)[Si](C)(C)c1cc(C#[C-])ccc1-2.[C-]#Cc1ccc2c(c1)[Si](C)(C)c1cc(C#[C-])ccc1-2.c1ccc([PH+](CC[PH+](c2ccccc2)c2ccccc2)c2ccccc2)cc1.c1ccc([PH+](C[PH+](c2ccccc2)c2ccccc2)c2ccccc2)cc1. The van der Waals surface area contributed by atoms with E-state index in [2.05, 4.69) is 341 Å². The number of rotatable bonds is 13. The quantitative estimate of drug-likeness (QED) is 0.0467. The van der Waals surface area contributed by atoms with Gasteiger partial charge in [-0.3, -0.25) is 23.7 Å². The first-order chi connectivity index (χ1) is 45.5. The largest absolute Gasteiger partial charge is 1.00 e. The smallest absolute Gasteiger partial charge is 0.366 e. The van der Waals surface area contributed by atoms with Crippen LogP contribution in [0.4, 0.5) is 0 Å². The van der Waals surface area contributed by atoms with Crippen molar-refractivity contribution in [2.24, 2.45) is 0 Å². The Balaban J connectivity index is 0.000000182. The summed E-state index contributed by atoms with van der Waals surface area (Å²) in [5, 5.41) is 17.5. The first-order valence-corrected chi connectivity index (χ1v) is 44.5. The van der Waals surface area contributed by atoms with Gasteiger partial charge in [-0.1, -0.05) is 217 Å². The third-order valence-corrected chi connectivity index (χ3v) is 38.0. The van der Waals surface area contributed by atoms with Crippen molar-refractivity contribution in [1.29, 1.82) is 0 Å². The van der Waals surface area contributed by atoms with Gasteiger partial charge >= 0.3 is 89.5 Å². The third-order valence-electron chi connectivity index (χ3n) is 17.9. The van der Waals surface area contributed by atoms with Gasteiger partial charge in [0.25, 0.3) is 0 Å². The summed E-state index contributed by atoms with van der Waals surface area (Å²) in [5.41, 5.74) is 8.47. The Morgan fingerprint density at radius 2 is 0.402 bits per heavy atom. The van der Waals surface area contributed by atoms with Crippen molar-refractivity contribution in [1.82, 2.24) is 0 Å². The Kier molecular flexibility index (Phi) is 30.7. The van der Waals surface area contributed by atoms with Crippen LogP contribution in [0.15, 0.2) is 315 Å². The van der Waals surface area contributed by atoms with Gasteiger partial charge in [-0.2, -0.15) is 0 Å². The number of benzene rings is 12. The summed E-state index contributed by atoms with van der Waals surface area (Å²) < 4.78 is 0. The molecule has 490 valence electrons. The predicted molar refractivity (Wildman–Crippen MR) is 419 cm³/mol. The maximum Gasteiger partial charge on any atom is 1.00 e. The fourth-order valence-electron chi connectivity index (χ4n) is 13.0. The zero-order valence-electron chi connectivity index (χ0n) is 54.3. The average molecular weight is 2090 g/mol. The van der Waals surface area contributed by atoms with Crippen LogP contribution < -0.4 is 63.2 Å². The van der Waals surface area contributed by atoms with Crippen molar-refractivity contribution >= 4 is 111 Å². The van der Waals surface area contributed by atoms with E-state index < -0.39 is 47.8 Å². The molecule has 0 bridgehead atoms. The minimum absolute atomic E-state index is 0. The van der Waals surface area contributed by atoms with Crippen LogP contribution in [0.5, 0.6) is 0 Å². The molecule has 0 unspecified atom stereocenters. The molecule has 2 heterocycles. The molecule has 0 spiro atoms. The molecule has 0 atom stereocenters. The number of hydrogen-bond donors (Lipinski definition) is 0. The van der Waals surface area contributed by atoms with Gasteiger partial charge in [0.15, 0.2) is 5.90 Å². The second-order valence-corrected chi connectivity index (χ2v) is 43.8. The van der Waals surface area contributed by atoms with E-state index >= 15 is 0 Å². The summed E-state index contributed by atoms with van der Waals surface area (Å²) in [6.07, 6.45) is 31.7. The molecule has 0 N–H and O–H groups in total. The summed E-state index contributed by atoms with van der Waals surface area (Å²) in [6.45, 7) is 9.27. The van der Waals surface area contributed by atoms with Gasteiger partial charge in [0.2, 0.25) is 0 Å². The van der Waals surface area contributed by atoms with E-state index in [4.69, 9.17) is 25.7 Å². The zero-order chi connectivity index (χ0) is 64.6. The maximum absolute atomic E-state index is 7.29. The molecule has 2 aliphatic rings. The van der Waals surface area contributed by atoms with E-state index in [0.29, 0.717) is 0 Å². The summed E-state index contributed by atoms with van der Waals surface area (Å²) in [7, 11) is -6.71. The molecule has 0 aromatic heterocycles. The van der Waals surface area contributed by atoms with Crippen molar-refractivity contribution < 1.29 is 89.5 Å². The van der Waals surface area contributed by atoms with Crippen molar-refractivity contribution in [3.05, 3.63) is 363 Å². The molecule has 0 amide bonds. The molecule has 97 heavy (non-hydrogen) atoms. The predicted octanol–water partition coefficient (Wildman–Crippen LogP) is 14.1. The Labute approximate surface area is 647 Å². The minimum atomic E-state index is -1.72. The standard InChI is InChI=1S/C26H24P2.C25H22P2.2C18H12Si.4Au/c1-5-13-23(14-6-1)27(24-15-7-2-8-16-24)21-22-28(25-17-9-3-10-18-25)26-19-11-4-12-20-26;1-5-13-22(14-6-1)26(23-15-7-2-8-16-23)21-27(24-17-9-3-10-18-24)25-19-11-4-12-20-25;2*1-5-13-7-9-15-16-10-8-14(6-2)12-18(16)19(3,4)17(15)11-13;;;;/h1-20H,21-22H2;1-20H,21H2;2*7-12H,3-4H3;;;;/q;;2*-2;4*+1/p+4. The van der Waals surface area contributed by atoms with Gasteiger partial charge in [-0.05, 0) is 119 Å². The van der Waals surface area contributed by atoms with E-state index in [1.807, 2.05) is 24.3 Å². The topological polar surface area (TPSA) is 0 Å². The molecule has 12 aromatic rings. The van der Waals surface area contributed by atoms with Gasteiger partial charge < -0.3 is 25.7 Å². The fraction of sp³-hybridized carbons (Fsp3) is 0.0805. The van der Waals surface area contributed by atoms with Crippen LogP contribution >= 0.6 is 31.7 Å². The van der Waals surface area contributed by atoms with Crippen LogP contribution in [0.1, 0.15) is 22.3 Å². The van der Waals surface area contributed by atoms with Crippen LogP contribution in [0, 0.1) is 49.4 Å². The van der Waals surface area contributed by atoms with Gasteiger partial charge in [0.05, 0.1) is 37.1 Å². The van der Waals surface area contributed by atoms with Crippen LogP contribution in [-0.2, 0) is 89.5 Å². The van der Waals surface area contributed by atoms with Crippen molar-refractivity contribution in [2.75, 3.05) is 18.2 Å². The Morgan fingerprint density at radius 1 is 0.237 bits per heavy atom. The van der Waals surface area contributed by atoms with E-state index in [9.17, 15) is 0 Å². The van der Waals surface area contributed by atoms with Crippen LogP contribution in [-0.4, -0.2) is 34.4 Å². The summed E-state index contributed by atoms with van der Waals surface area (Å²) in [4.78, 5) is 0. The molecule has 0 saturated heterocycles. The average Bonchev–Trinajstić information content (AvgIpc) is 1.59. The van der Waals surface area contributed by atoms with Crippen LogP contribution in [0.2, 0.25) is 26.2 Å². The summed E-state index contributed by atoms with van der Waals surface area (Å²) >= 11 is 0. The van der Waals surface area contributed by atoms with Crippen molar-refractivity contribution in [2.45, 2.75) is 26.2 Å². The maximum atomic E-state index is 7.29. The molecule has 0 radical (unpaired) electrons. The van der Waals surface area contributed by atoms with Gasteiger partial charge in [0, 0.05) is 0 Å². The van der Waals surface area contributed by atoms with Crippen molar-refractivity contribution in [3.63, 3.8) is 0 Å². The molecule has 12 aromatic carbocycles. The first-order valence-electron chi connectivity index (χ1n) is 31.7. The van der Waals surface area contributed by atoms with E-state index in [0.717, 1.165) is 22.3 Å². The third kappa shape index (κ3) is 19.1. The van der Waals surface area contributed by atoms with Gasteiger partial charge in [0.1, 0.15) is 65.5 Å². The van der Waals surface area contributed by atoms with Crippen LogP contribution in [0.25, 0.3) is 22.3 Å². The normalized spacial score (nSPS) is 11.8. The minimum Gasteiger partial charge on any atom is -0.366 e. The van der Waals surface area contributed by atoms with E-state index in [1.165, 1.54) is 104 Å². The Hall–Kier alpha value is -6.01. The monoisotopic (exact) mass is 2090 g/mol. The summed E-state index contributed by atoms with van der Waals surface area (Å²) in [6, 6.07) is 114. The molecule has 10 heteroatoms. The molecule has 0 saturated carbocycles. The van der Waals surface area contributed by atoms with Gasteiger partial charge in [-0.15, -0.1) is 70.8 Å². The molecule has 2 aliphatic heterocycles. The van der Waals surface area contributed by atoms with Crippen molar-refractivity contribution in [3.8, 4) is 45.9 Å². The second-order valence-electron chi connectivity index (χ2n) is 24.3. The second kappa shape index (κ2) is 38.0. The zero-order valence-corrected chi connectivity index (χ0v) is 69.0. The van der Waals surface area contributed by atoms with Gasteiger partial charge in [-0.25, -0.2) is 0 Å². The molecule has 14 rings (SSSR count). The van der Waals surface area contributed by atoms with Crippen LogP contribution in [0.3, 0.4) is 0 Å².